The van der Waals surface area contributed by atoms with Gasteiger partial charge in [0.25, 0.3) is 0 Å². The molecule has 200 valence electrons. The van der Waals surface area contributed by atoms with Crippen molar-refractivity contribution in [2.45, 2.75) is 51.7 Å². The zero-order valence-corrected chi connectivity index (χ0v) is 23.3. The second kappa shape index (κ2) is 11.9. The molecule has 38 heavy (non-hydrogen) atoms. The van der Waals surface area contributed by atoms with Crippen molar-refractivity contribution in [3.63, 3.8) is 0 Å². The number of fused-ring (bicyclic) bond motifs is 2. The van der Waals surface area contributed by atoms with Crippen molar-refractivity contribution in [1.29, 1.82) is 0 Å². The maximum Gasteiger partial charge on any atom is 0.407 e. The van der Waals surface area contributed by atoms with E-state index in [0.717, 1.165) is 37.0 Å². The molecule has 0 fully saturated rings. The second-order valence-corrected chi connectivity index (χ2v) is 10.2. The fourth-order valence-corrected chi connectivity index (χ4v) is 5.55. The van der Waals surface area contributed by atoms with Crippen molar-refractivity contribution in [2.75, 3.05) is 18.6 Å². The first-order valence-corrected chi connectivity index (χ1v) is 13.5. The summed E-state index contributed by atoms with van der Waals surface area (Å²) >= 11 is 3.53. The van der Waals surface area contributed by atoms with Gasteiger partial charge in [0.1, 0.15) is 17.8 Å². The number of anilines is 1. The Balaban J connectivity index is 1.72. The molecule has 0 saturated heterocycles. The number of nitrogens with one attached hydrogen (secondary N) is 1. The Labute approximate surface area is 230 Å². The van der Waals surface area contributed by atoms with Crippen LogP contribution in [0.5, 0.6) is 5.75 Å². The number of halogens is 1. The Bertz CT molecular complexity index is 1360. The maximum atomic E-state index is 14.1. The molecule has 2 atom stereocenters. The molecule has 1 aliphatic rings. The zero-order valence-electron chi connectivity index (χ0n) is 21.7. The summed E-state index contributed by atoms with van der Waals surface area (Å²) in [6, 6.07) is 15.9. The molecule has 3 aromatic rings. The molecule has 1 aliphatic heterocycles. The first kappa shape index (κ1) is 27.4. The molecule has 3 aromatic carbocycles. The van der Waals surface area contributed by atoms with Crippen LogP contribution in [0, 0.1) is 0 Å². The number of nitrogens with zero attached hydrogens (tertiary/aromatic N) is 2. The summed E-state index contributed by atoms with van der Waals surface area (Å²) < 4.78 is 6.65. The number of amides is 3. The molecule has 9 heteroatoms. The summed E-state index contributed by atoms with van der Waals surface area (Å²) in [6.07, 6.45) is 0.147. The number of carbonyl (C=O) groups is 3. The predicted molar refractivity (Wildman–Crippen MR) is 151 cm³/mol. The summed E-state index contributed by atoms with van der Waals surface area (Å²) in [7, 11) is 1.61. The van der Waals surface area contributed by atoms with Crippen molar-refractivity contribution in [2.24, 2.45) is 0 Å². The fourth-order valence-electron chi connectivity index (χ4n) is 5.17. The van der Waals surface area contributed by atoms with Crippen LogP contribution >= 0.6 is 15.9 Å². The van der Waals surface area contributed by atoms with Gasteiger partial charge in [0, 0.05) is 22.3 Å². The second-order valence-electron chi connectivity index (χ2n) is 9.26. The van der Waals surface area contributed by atoms with Crippen LogP contribution in [-0.4, -0.2) is 53.7 Å². The largest absolute Gasteiger partial charge is 0.496 e. The molecular formula is C29H32BrN3O5. The van der Waals surface area contributed by atoms with Gasteiger partial charge in [-0.1, -0.05) is 53.2 Å². The lowest BCUT2D eigenvalue weighted by atomic mass is 10.0. The van der Waals surface area contributed by atoms with Crippen LogP contribution in [-0.2, 0) is 22.6 Å². The van der Waals surface area contributed by atoms with Gasteiger partial charge in [-0.15, -0.1) is 0 Å². The molecule has 2 N–H and O–H groups in total. The third-order valence-corrected chi connectivity index (χ3v) is 7.60. The van der Waals surface area contributed by atoms with Gasteiger partial charge in [0.2, 0.25) is 11.8 Å². The molecular weight excluding hydrogens is 550 g/mol. The van der Waals surface area contributed by atoms with E-state index in [2.05, 4.69) is 21.2 Å². The molecule has 8 nitrogen and oxygen atoms in total. The lowest BCUT2D eigenvalue weighted by Gasteiger charge is -2.30. The summed E-state index contributed by atoms with van der Waals surface area (Å²) in [5.41, 5.74) is 2.66. The van der Waals surface area contributed by atoms with E-state index in [1.807, 2.05) is 54.6 Å². The molecule has 0 bridgehead atoms. The Morgan fingerprint density at radius 2 is 1.95 bits per heavy atom. The first-order valence-electron chi connectivity index (χ1n) is 12.7. The topological polar surface area (TPSA) is 99.2 Å². The normalized spacial score (nSPS) is 15.9. The molecule has 0 aromatic heterocycles. The van der Waals surface area contributed by atoms with E-state index in [-0.39, 0.29) is 19.0 Å². The smallest absolute Gasteiger partial charge is 0.407 e. The van der Waals surface area contributed by atoms with Gasteiger partial charge in [-0.2, -0.15) is 0 Å². The molecule has 0 unspecified atom stereocenters. The number of methoxy groups -OCH3 is 1. The summed E-state index contributed by atoms with van der Waals surface area (Å²) in [5.74, 6) is -0.0395. The minimum atomic E-state index is -1.16. The van der Waals surface area contributed by atoms with Crippen LogP contribution in [0.4, 0.5) is 10.5 Å². The Morgan fingerprint density at radius 1 is 1.18 bits per heavy atom. The minimum Gasteiger partial charge on any atom is -0.496 e. The van der Waals surface area contributed by atoms with Crippen LogP contribution in [0.2, 0.25) is 0 Å². The van der Waals surface area contributed by atoms with Crippen LogP contribution in [0.3, 0.4) is 0 Å². The van der Waals surface area contributed by atoms with Crippen molar-refractivity contribution < 1.29 is 24.2 Å². The third-order valence-electron chi connectivity index (χ3n) is 7.10. The summed E-state index contributed by atoms with van der Waals surface area (Å²) in [5, 5.41) is 14.4. The number of benzene rings is 3. The van der Waals surface area contributed by atoms with E-state index in [1.165, 1.54) is 0 Å². The monoisotopic (exact) mass is 581 g/mol. The number of likely N-dealkylation sites (N-methyl/N-ethyl adjacent to an activating group) is 1. The molecule has 0 radical (unpaired) electrons. The Kier molecular flexibility index (Phi) is 8.56. The zero-order chi connectivity index (χ0) is 27.4. The third kappa shape index (κ3) is 5.48. The highest BCUT2D eigenvalue weighted by Crippen LogP contribution is 2.35. The van der Waals surface area contributed by atoms with E-state index < -0.39 is 24.1 Å². The van der Waals surface area contributed by atoms with Gasteiger partial charge in [0.05, 0.1) is 13.7 Å². The number of hydrogen-bond acceptors (Lipinski definition) is 4. The number of aryl methyl sites for hydroxylation is 1. The van der Waals surface area contributed by atoms with E-state index in [9.17, 15) is 19.5 Å². The highest BCUT2D eigenvalue weighted by molar-refractivity contribution is 9.10. The van der Waals surface area contributed by atoms with Gasteiger partial charge >= 0.3 is 6.09 Å². The van der Waals surface area contributed by atoms with Crippen LogP contribution in [0.25, 0.3) is 10.8 Å². The highest BCUT2D eigenvalue weighted by Gasteiger charge is 2.35. The molecule has 3 amide bonds. The van der Waals surface area contributed by atoms with Crippen molar-refractivity contribution in [3.05, 3.63) is 70.2 Å². The summed E-state index contributed by atoms with van der Waals surface area (Å²) in [4.78, 5) is 41.8. The van der Waals surface area contributed by atoms with E-state index >= 15 is 0 Å². The number of hydrogen-bond donors (Lipinski definition) is 2. The highest BCUT2D eigenvalue weighted by atomic mass is 79.9. The number of para-hydroxylation sites is 1. The predicted octanol–water partition coefficient (Wildman–Crippen LogP) is 5.35. The lowest BCUT2D eigenvalue weighted by molar-refractivity contribution is -0.130. The van der Waals surface area contributed by atoms with Gasteiger partial charge in [-0.05, 0) is 66.8 Å². The van der Waals surface area contributed by atoms with Gasteiger partial charge in [-0.3, -0.25) is 14.5 Å². The van der Waals surface area contributed by atoms with E-state index in [0.29, 0.717) is 25.0 Å². The van der Waals surface area contributed by atoms with Crippen LogP contribution in [0.1, 0.15) is 37.8 Å². The molecule has 0 saturated carbocycles. The molecule has 0 spiro atoms. The first-order chi connectivity index (χ1) is 18.3. The maximum absolute atomic E-state index is 14.1. The average Bonchev–Trinajstić information content (AvgIpc) is 3.03. The fraction of sp³-hybridized carbons (Fsp3) is 0.345. The SMILES string of the molecule is CC[C@@H](C(=O)N[C@H]1CCc2ccccc2N(Cc2c(OC)ccc3cc(Br)ccc23)C1=O)N(CC)C(=O)O. The van der Waals surface area contributed by atoms with E-state index in [4.69, 9.17) is 4.74 Å². The lowest BCUT2D eigenvalue weighted by Crippen LogP contribution is -2.54. The Morgan fingerprint density at radius 3 is 2.63 bits per heavy atom. The Hall–Kier alpha value is -3.59. The van der Waals surface area contributed by atoms with Gasteiger partial charge < -0.3 is 20.1 Å². The number of ether oxygens (including phenoxy) is 1. The van der Waals surface area contributed by atoms with E-state index in [1.54, 1.807) is 25.9 Å². The number of rotatable bonds is 8. The molecule has 0 aliphatic carbocycles. The van der Waals surface area contributed by atoms with Crippen molar-refractivity contribution in [1.82, 2.24) is 10.2 Å². The average molecular weight is 582 g/mol. The van der Waals surface area contributed by atoms with Crippen molar-refractivity contribution in [3.8, 4) is 5.75 Å². The van der Waals surface area contributed by atoms with Crippen LogP contribution < -0.4 is 15.0 Å². The van der Waals surface area contributed by atoms with Crippen LogP contribution in [0.15, 0.2) is 59.1 Å². The number of carbonyl (C=O) groups excluding carboxylic acids is 2. The summed E-state index contributed by atoms with van der Waals surface area (Å²) in [6.45, 7) is 3.87. The standard InChI is InChI=1S/C29H32BrN3O5/c1-4-24(32(5-2)29(36)37)27(34)31-23-14-10-18-8-6-7-9-25(18)33(28(23)35)17-22-21-13-12-20(30)16-19(21)11-15-26(22)38-3/h6-9,11-13,15-16,23-24H,4-5,10,14,17H2,1-3H3,(H,31,34)(H,36,37)/t23-,24-/m0/s1. The minimum absolute atomic E-state index is 0.175. The molecule has 1 heterocycles. The van der Waals surface area contributed by atoms with Gasteiger partial charge in [-0.25, -0.2) is 4.79 Å². The molecule has 4 rings (SSSR count). The van der Waals surface area contributed by atoms with Gasteiger partial charge in [0.15, 0.2) is 0 Å². The number of carboxylic acid groups (broad SMARTS) is 1. The van der Waals surface area contributed by atoms with Crippen molar-refractivity contribution >= 4 is 50.3 Å². The quantitative estimate of drug-likeness (QED) is 0.373.